The molecule has 2 bridgehead atoms. The molecule has 0 spiro atoms. The zero-order valence-corrected chi connectivity index (χ0v) is 36.7. The average Bonchev–Trinajstić information content (AvgIpc) is 3.13. The van der Waals surface area contributed by atoms with E-state index in [1.54, 1.807) is 67.8 Å². The molecule has 7 rings (SSSR count). The van der Waals surface area contributed by atoms with Crippen LogP contribution >= 0.6 is 67.8 Å². The van der Waals surface area contributed by atoms with Crippen LogP contribution in [0.25, 0.3) is 0 Å². The number of fused-ring (bicyclic) bond motifs is 1. The molecule has 4 aromatic carbocycles. The van der Waals surface area contributed by atoms with E-state index in [0.717, 1.165) is 34.4 Å². The van der Waals surface area contributed by atoms with Crippen LogP contribution in [0.3, 0.4) is 0 Å². The van der Waals surface area contributed by atoms with E-state index in [4.69, 9.17) is 18.9 Å². The third-order valence-electron chi connectivity index (χ3n) is 9.06. The quantitative estimate of drug-likeness (QED) is 0.0412. The Balaban J connectivity index is 1.16. The van der Waals surface area contributed by atoms with Crippen LogP contribution < -0.4 is 14.6 Å². The summed E-state index contributed by atoms with van der Waals surface area (Å²) < 4.78 is 121. The highest BCUT2D eigenvalue weighted by Crippen LogP contribution is 2.58. The van der Waals surface area contributed by atoms with Crippen LogP contribution in [0.5, 0.6) is 11.5 Å². The molecule has 3 aliphatic rings. The summed E-state index contributed by atoms with van der Waals surface area (Å²) in [6.45, 7) is -0.847. The molecule has 0 aromatic heterocycles. The van der Waals surface area contributed by atoms with Crippen molar-refractivity contribution in [3.8, 4) is 11.5 Å². The Kier molecular flexibility index (Phi) is 13.0. The lowest BCUT2D eigenvalue weighted by atomic mass is 9.54. The summed E-state index contributed by atoms with van der Waals surface area (Å²) in [5.41, 5.74) is -2.72. The van der Waals surface area contributed by atoms with E-state index in [2.05, 4.69) is 4.40 Å². The molecule has 13 nitrogen and oxygen atoms in total. The lowest BCUT2D eigenvalue weighted by Gasteiger charge is -2.48. The SMILES string of the molecule is O=C(OCCOc1cc(I)c(S(=O)(=O)[O-])c(I)c1)C1C2c3ccccc3C(c3ccccc32)C1C(=O)OCCOc1ccc(/C([O-])=N\S(=O)(=O)C(F)(F)F)cc1I. The van der Waals surface area contributed by atoms with Gasteiger partial charge in [0.05, 0.1) is 20.3 Å². The number of carbonyl (C=O) groups is 2. The van der Waals surface area contributed by atoms with Gasteiger partial charge in [0.1, 0.15) is 48.0 Å². The number of esters is 2. The fraction of sp³-hybridized carbons (Fsp3) is 0.250. The summed E-state index contributed by atoms with van der Waals surface area (Å²) >= 11 is 5.17. The normalized spacial score (nSPS) is 19.0. The highest BCUT2D eigenvalue weighted by Gasteiger charge is 2.56. The number of carbonyl (C=O) groups excluding carboxylic acids is 2. The Bertz CT molecular complexity index is 2430. The zero-order valence-electron chi connectivity index (χ0n) is 28.6. The first-order valence-corrected chi connectivity index (χ1v) is 22.5. The Hall–Kier alpha value is -3.27. The minimum atomic E-state index is -6.04. The highest BCUT2D eigenvalue weighted by molar-refractivity contribution is 14.1. The van der Waals surface area contributed by atoms with Crippen LogP contribution in [-0.4, -0.2) is 71.2 Å². The molecule has 302 valence electrons. The van der Waals surface area contributed by atoms with E-state index in [-0.39, 0.29) is 53.5 Å². The molecular weight excluding hydrogens is 1140 g/mol. The van der Waals surface area contributed by atoms with Gasteiger partial charge in [-0.25, -0.2) is 8.42 Å². The molecule has 3 aliphatic carbocycles. The smallest absolute Gasteiger partial charge is 0.518 e. The van der Waals surface area contributed by atoms with E-state index >= 15 is 0 Å². The summed E-state index contributed by atoms with van der Waals surface area (Å²) in [6.07, 6.45) is 0. The summed E-state index contributed by atoms with van der Waals surface area (Å²) in [7, 11) is -10.8. The Labute approximate surface area is 364 Å². The second-order valence-electron chi connectivity index (χ2n) is 12.4. The Morgan fingerprint density at radius 2 is 1.14 bits per heavy atom. The Morgan fingerprint density at radius 1 is 0.684 bits per heavy atom. The maximum atomic E-state index is 14.0. The van der Waals surface area contributed by atoms with E-state index in [0.29, 0.717) is 0 Å². The molecule has 0 heterocycles. The van der Waals surface area contributed by atoms with Gasteiger partial charge in [0.25, 0.3) is 0 Å². The minimum Gasteiger partial charge on any atom is -0.858 e. The number of sulfonamides is 1. The van der Waals surface area contributed by atoms with Gasteiger partial charge < -0.3 is 28.6 Å². The molecule has 0 amide bonds. The number of benzene rings is 4. The van der Waals surface area contributed by atoms with E-state index in [9.17, 15) is 49.3 Å². The van der Waals surface area contributed by atoms with Crippen LogP contribution in [0.2, 0.25) is 0 Å². The van der Waals surface area contributed by atoms with Gasteiger partial charge in [0.2, 0.25) is 0 Å². The first-order valence-electron chi connectivity index (χ1n) is 16.4. The van der Waals surface area contributed by atoms with Crippen molar-refractivity contribution in [2.75, 3.05) is 26.4 Å². The van der Waals surface area contributed by atoms with Crippen LogP contribution in [-0.2, 0) is 39.2 Å². The lowest BCUT2D eigenvalue weighted by Crippen LogP contribution is -2.48. The molecule has 2 atom stereocenters. The van der Waals surface area contributed by atoms with Crippen molar-refractivity contribution in [2.24, 2.45) is 16.2 Å². The topological polar surface area (TPSA) is 198 Å². The molecule has 0 saturated carbocycles. The van der Waals surface area contributed by atoms with E-state index in [1.807, 2.05) is 48.5 Å². The molecule has 0 radical (unpaired) electrons. The van der Waals surface area contributed by atoms with Gasteiger partial charge in [-0.3, -0.25) is 9.59 Å². The first kappa shape index (κ1) is 43.3. The first-order chi connectivity index (χ1) is 26.8. The van der Waals surface area contributed by atoms with Crippen molar-refractivity contribution in [3.63, 3.8) is 0 Å². The zero-order chi connectivity index (χ0) is 41.4. The van der Waals surface area contributed by atoms with Crippen LogP contribution in [0.4, 0.5) is 13.2 Å². The van der Waals surface area contributed by atoms with Crippen molar-refractivity contribution in [1.82, 2.24) is 0 Å². The van der Waals surface area contributed by atoms with Crippen molar-refractivity contribution >= 4 is 106 Å². The van der Waals surface area contributed by atoms with Crippen molar-refractivity contribution < 1.29 is 68.2 Å². The summed E-state index contributed by atoms with van der Waals surface area (Å²) in [4.78, 5) is 27.7. The van der Waals surface area contributed by atoms with Crippen LogP contribution in [0.1, 0.15) is 39.7 Å². The van der Waals surface area contributed by atoms with E-state index < -0.39 is 72.7 Å². The maximum Gasteiger partial charge on any atom is 0.518 e. The summed E-state index contributed by atoms with van der Waals surface area (Å²) in [5, 5.41) is 12.1. The number of hydrogen-bond acceptors (Lipinski definition) is 12. The second kappa shape index (κ2) is 17.1. The number of alkyl halides is 3. The second-order valence-corrected chi connectivity index (χ2v) is 18.8. The molecule has 57 heavy (non-hydrogen) atoms. The van der Waals surface area contributed by atoms with Crippen molar-refractivity contribution in [3.05, 3.63) is 117 Å². The fourth-order valence-corrected chi connectivity index (χ4v) is 11.9. The largest absolute Gasteiger partial charge is 0.858 e. The number of rotatable bonds is 13. The molecule has 0 aliphatic heterocycles. The van der Waals surface area contributed by atoms with Gasteiger partial charge in [-0.1, -0.05) is 54.6 Å². The third kappa shape index (κ3) is 9.16. The molecule has 0 saturated heterocycles. The minimum absolute atomic E-state index is 0.128. The third-order valence-corrected chi connectivity index (χ3v) is 14.3. The standard InChI is InChI=1S/C36H27F3I3NO12S2/c37-36(38,39)57(50,51)43-33(44)18-9-10-27(24(40)15-18)53-12-14-55-35(46)31-29-22-7-3-1-5-20(22)28(21-6-2-4-8-23(21)29)30(31)34(45)54-13-11-52-19-16-25(41)32(26(42)17-19)56(47,48)49/h1-10,15-17,28-31H,11-14H2,(H,43,44)(H,47,48,49)/p-2. The molecule has 0 N–H and O–H groups in total. The molecular formula is C36H25F3I3NO12S2-2. The van der Waals surface area contributed by atoms with Crippen molar-refractivity contribution in [2.45, 2.75) is 22.2 Å². The van der Waals surface area contributed by atoms with Crippen molar-refractivity contribution in [1.29, 1.82) is 0 Å². The predicted molar refractivity (Wildman–Crippen MR) is 217 cm³/mol. The monoisotopic (exact) mass is 1160 g/mol. The molecule has 0 fully saturated rings. The van der Waals surface area contributed by atoms with Crippen LogP contribution in [0.15, 0.2) is 88.2 Å². The average molecular weight is 1170 g/mol. The highest BCUT2D eigenvalue weighted by atomic mass is 127. The van der Waals surface area contributed by atoms with Gasteiger partial charge in [0, 0.05) is 24.9 Å². The van der Waals surface area contributed by atoms with Gasteiger partial charge in [-0.15, -0.1) is 0 Å². The number of hydrogen-bond donors (Lipinski definition) is 0. The molecule has 21 heteroatoms. The molecule has 2 unspecified atom stereocenters. The van der Waals surface area contributed by atoms with Gasteiger partial charge in [-0.2, -0.15) is 26.0 Å². The predicted octanol–water partition coefficient (Wildman–Crippen LogP) is 5.43. The fourth-order valence-electron chi connectivity index (χ4n) is 6.86. The van der Waals surface area contributed by atoms with Gasteiger partial charge >= 0.3 is 27.5 Å². The van der Waals surface area contributed by atoms with Gasteiger partial charge in [0.15, 0.2) is 0 Å². The Morgan fingerprint density at radius 3 is 1.56 bits per heavy atom. The number of nitrogens with zero attached hydrogens (tertiary/aromatic N) is 1. The van der Waals surface area contributed by atoms with Gasteiger partial charge in [-0.05, 0) is 120 Å². The van der Waals surface area contributed by atoms with Crippen LogP contribution in [0, 0.1) is 22.5 Å². The number of ether oxygens (including phenoxy) is 4. The molecule has 4 aromatic rings. The summed E-state index contributed by atoms with van der Waals surface area (Å²) in [5.74, 6) is -5.73. The van der Waals surface area contributed by atoms with E-state index in [1.165, 1.54) is 18.2 Å². The lowest BCUT2D eigenvalue weighted by molar-refractivity contribution is -0.212. The number of halogens is 6. The summed E-state index contributed by atoms with van der Waals surface area (Å²) in [6, 6.07) is 21.1. The maximum absolute atomic E-state index is 14.0.